The molecule has 0 aromatic carbocycles. The summed E-state index contributed by atoms with van der Waals surface area (Å²) in [6.45, 7) is 4.82. The number of rotatable bonds is 8. The molecule has 0 N–H and O–H groups in total. The Hall–Kier alpha value is -1.40. The molecule has 124 valence electrons. The number of carbonyl (C=O) groups is 1. The van der Waals surface area contributed by atoms with Crippen LogP contribution in [0.2, 0.25) is 0 Å². The maximum Gasteiger partial charge on any atom is 0.222 e. The van der Waals surface area contributed by atoms with Crippen LogP contribution >= 0.6 is 0 Å². The van der Waals surface area contributed by atoms with Crippen LogP contribution in [0, 0.1) is 5.92 Å². The summed E-state index contributed by atoms with van der Waals surface area (Å²) in [6.07, 6.45) is 6.30. The van der Waals surface area contributed by atoms with E-state index in [1.54, 1.807) is 11.8 Å². The number of hydrogen-bond acceptors (Lipinski definition) is 4. The van der Waals surface area contributed by atoms with Crippen LogP contribution < -0.4 is 0 Å². The highest BCUT2D eigenvalue weighted by Gasteiger charge is 2.24. The molecule has 1 amide bonds. The maximum atomic E-state index is 12.2. The molecule has 1 aromatic rings. The molecular formula is C16H28N4O2. The Kier molecular flexibility index (Phi) is 6.39. The third kappa shape index (κ3) is 5.10. The monoisotopic (exact) mass is 308 g/mol. The van der Waals surface area contributed by atoms with Gasteiger partial charge in [-0.05, 0) is 30.9 Å². The molecule has 22 heavy (non-hydrogen) atoms. The molecule has 2 rings (SSSR count). The third-order valence-corrected chi connectivity index (χ3v) is 4.33. The number of carbonyl (C=O) groups excluding carboxylic acids is 1. The van der Waals surface area contributed by atoms with E-state index in [9.17, 15) is 4.79 Å². The van der Waals surface area contributed by atoms with Crippen LogP contribution in [-0.2, 0) is 23.0 Å². The van der Waals surface area contributed by atoms with Gasteiger partial charge in [0.1, 0.15) is 0 Å². The van der Waals surface area contributed by atoms with Gasteiger partial charge in [0, 0.05) is 53.5 Å². The summed E-state index contributed by atoms with van der Waals surface area (Å²) in [5.41, 5.74) is 1.12. The van der Waals surface area contributed by atoms with Crippen LogP contribution in [0.15, 0.2) is 12.4 Å². The zero-order chi connectivity index (χ0) is 15.9. The second-order valence-electron chi connectivity index (χ2n) is 6.24. The highest BCUT2D eigenvalue weighted by molar-refractivity contribution is 5.76. The molecule has 1 aromatic heterocycles. The summed E-state index contributed by atoms with van der Waals surface area (Å²) < 4.78 is 6.90. The molecule has 1 aliphatic rings. The topological polar surface area (TPSA) is 50.6 Å². The molecule has 0 saturated carbocycles. The Morgan fingerprint density at radius 2 is 2.36 bits per heavy atom. The zero-order valence-electron chi connectivity index (χ0n) is 14.0. The van der Waals surface area contributed by atoms with Gasteiger partial charge in [-0.1, -0.05) is 0 Å². The van der Waals surface area contributed by atoms with Crippen molar-refractivity contribution in [3.8, 4) is 0 Å². The Morgan fingerprint density at radius 1 is 1.55 bits per heavy atom. The second-order valence-corrected chi connectivity index (χ2v) is 6.24. The predicted molar refractivity (Wildman–Crippen MR) is 85.6 cm³/mol. The van der Waals surface area contributed by atoms with E-state index < -0.39 is 0 Å². The van der Waals surface area contributed by atoms with Crippen molar-refractivity contribution >= 4 is 5.91 Å². The first-order chi connectivity index (χ1) is 10.6. The molecule has 1 fully saturated rings. The number of aromatic nitrogens is 2. The SMILES string of the molecule is COCCN1CC[C@H](CN(C)C(=O)CCc2cnn(C)c2)C1. The fraction of sp³-hybridized carbons (Fsp3) is 0.750. The minimum atomic E-state index is 0.221. The summed E-state index contributed by atoms with van der Waals surface area (Å²) in [5, 5.41) is 4.13. The molecule has 0 bridgehead atoms. The van der Waals surface area contributed by atoms with Gasteiger partial charge in [0.15, 0.2) is 0 Å². The van der Waals surface area contributed by atoms with E-state index in [4.69, 9.17) is 4.74 Å². The van der Waals surface area contributed by atoms with E-state index in [-0.39, 0.29) is 5.91 Å². The number of aryl methyl sites for hydroxylation is 2. The van der Waals surface area contributed by atoms with Crippen molar-refractivity contribution in [1.29, 1.82) is 0 Å². The van der Waals surface area contributed by atoms with Crippen LogP contribution in [0.4, 0.5) is 0 Å². The molecule has 1 atom stereocenters. The van der Waals surface area contributed by atoms with Crippen molar-refractivity contribution in [2.24, 2.45) is 13.0 Å². The zero-order valence-corrected chi connectivity index (χ0v) is 14.0. The lowest BCUT2D eigenvalue weighted by Gasteiger charge is -2.22. The van der Waals surface area contributed by atoms with Gasteiger partial charge in [-0.2, -0.15) is 5.10 Å². The number of nitrogens with zero attached hydrogens (tertiary/aromatic N) is 4. The van der Waals surface area contributed by atoms with Gasteiger partial charge in [0.05, 0.1) is 12.8 Å². The molecule has 0 radical (unpaired) electrons. The Morgan fingerprint density at radius 3 is 3.05 bits per heavy atom. The lowest BCUT2D eigenvalue weighted by Crippen LogP contribution is -2.33. The van der Waals surface area contributed by atoms with Crippen LogP contribution in [0.3, 0.4) is 0 Å². The van der Waals surface area contributed by atoms with Gasteiger partial charge < -0.3 is 14.5 Å². The molecule has 6 heteroatoms. The van der Waals surface area contributed by atoms with Crippen molar-refractivity contribution in [3.63, 3.8) is 0 Å². The Bertz CT molecular complexity index is 474. The molecular weight excluding hydrogens is 280 g/mol. The Labute approximate surface area is 133 Å². The van der Waals surface area contributed by atoms with Crippen LogP contribution in [-0.4, -0.2) is 72.4 Å². The maximum absolute atomic E-state index is 12.2. The molecule has 0 unspecified atom stereocenters. The van der Waals surface area contributed by atoms with Crippen molar-refractivity contribution in [2.75, 3.05) is 46.9 Å². The summed E-state index contributed by atoms with van der Waals surface area (Å²) in [7, 11) is 5.55. The van der Waals surface area contributed by atoms with Crippen LogP contribution in [0.25, 0.3) is 0 Å². The van der Waals surface area contributed by atoms with E-state index in [1.165, 1.54) is 6.42 Å². The molecule has 2 heterocycles. The highest BCUT2D eigenvalue weighted by Crippen LogP contribution is 2.17. The van der Waals surface area contributed by atoms with Gasteiger partial charge in [0.25, 0.3) is 0 Å². The van der Waals surface area contributed by atoms with Crippen LogP contribution in [0.5, 0.6) is 0 Å². The predicted octanol–water partition coefficient (Wildman–Crippen LogP) is 0.779. The number of ether oxygens (including phenoxy) is 1. The molecule has 0 spiro atoms. The van der Waals surface area contributed by atoms with Crippen molar-refractivity contribution in [1.82, 2.24) is 19.6 Å². The summed E-state index contributed by atoms with van der Waals surface area (Å²) in [6, 6.07) is 0. The van der Waals surface area contributed by atoms with Crippen LogP contribution in [0.1, 0.15) is 18.4 Å². The smallest absolute Gasteiger partial charge is 0.222 e. The van der Waals surface area contributed by atoms with Gasteiger partial charge in [-0.3, -0.25) is 9.48 Å². The van der Waals surface area contributed by atoms with E-state index in [1.807, 2.05) is 31.4 Å². The summed E-state index contributed by atoms with van der Waals surface area (Å²) in [5.74, 6) is 0.809. The normalized spacial score (nSPS) is 18.8. The van der Waals surface area contributed by atoms with E-state index >= 15 is 0 Å². The first-order valence-electron chi connectivity index (χ1n) is 8.01. The van der Waals surface area contributed by atoms with Gasteiger partial charge in [-0.15, -0.1) is 0 Å². The first kappa shape index (κ1) is 17.0. The fourth-order valence-corrected chi connectivity index (χ4v) is 3.02. The third-order valence-electron chi connectivity index (χ3n) is 4.33. The highest BCUT2D eigenvalue weighted by atomic mass is 16.5. The molecule has 0 aliphatic carbocycles. The minimum absolute atomic E-state index is 0.221. The van der Waals surface area contributed by atoms with Crippen molar-refractivity contribution < 1.29 is 9.53 Å². The number of methoxy groups -OCH3 is 1. The quantitative estimate of drug-likeness (QED) is 0.712. The molecule has 1 saturated heterocycles. The van der Waals surface area contributed by atoms with Crippen molar-refractivity contribution in [3.05, 3.63) is 18.0 Å². The minimum Gasteiger partial charge on any atom is -0.383 e. The van der Waals surface area contributed by atoms with Gasteiger partial charge in [0.2, 0.25) is 5.91 Å². The van der Waals surface area contributed by atoms with E-state index in [0.717, 1.165) is 44.8 Å². The first-order valence-corrected chi connectivity index (χ1v) is 8.01. The average molecular weight is 308 g/mol. The average Bonchev–Trinajstić information content (AvgIpc) is 3.11. The fourth-order valence-electron chi connectivity index (χ4n) is 3.02. The lowest BCUT2D eigenvalue weighted by molar-refractivity contribution is -0.130. The standard InChI is InChI=1S/C16H28N4O2/c1-18(11-15-6-7-20(13-15)8-9-22-3)16(21)5-4-14-10-17-19(2)12-14/h10,12,15H,4-9,11,13H2,1-3H3/t15-/m1/s1. The van der Waals surface area contributed by atoms with Gasteiger partial charge in [-0.25, -0.2) is 0 Å². The van der Waals surface area contributed by atoms with E-state index in [2.05, 4.69) is 10.00 Å². The van der Waals surface area contributed by atoms with Crippen molar-refractivity contribution in [2.45, 2.75) is 19.3 Å². The van der Waals surface area contributed by atoms with Gasteiger partial charge >= 0.3 is 0 Å². The summed E-state index contributed by atoms with van der Waals surface area (Å²) >= 11 is 0. The number of hydrogen-bond donors (Lipinski definition) is 0. The largest absolute Gasteiger partial charge is 0.383 e. The molecule has 1 aliphatic heterocycles. The second kappa shape index (κ2) is 8.29. The Balaban J connectivity index is 1.68. The molecule has 6 nitrogen and oxygen atoms in total. The summed E-state index contributed by atoms with van der Waals surface area (Å²) in [4.78, 5) is 16.5. The number of amides is 1. The number of likely N-dealkylation sites (tertiary alicyclic amines) is 1. The lowest BCUT2D eigenvalue weighted by atomic mass is 10.1. The van der Waals surface area contributed by atoms with E-state index in [0.29, 0.717) is 12.3 Å².